The fourth-order valence-electron chi connectivity index (χ4n) is 3.43. The third-order valence-corrected chi connectivity index (χ3v) is 4.51. The van der Waals surface area contributed by atoms with E-state index in [0.717, 1.165) is 48.7 Å². The van der Waals surface area contributed by atoms with Crippen molar-refractivity contribution in [3.63, 3.8) is 0 Å². The molecule has 0 saturated carbocycles. The topological polar surface area (TPSA) is 71.3 Å². The van der Waals surface area contributed by atoms with Crippen molar-refractivity contribution >= 4 is 11.5 Å². The van der Waals surface area contributed by atoms with E-state index in [1.807, 2.05) is 24.5 Å². The van der Waals surface area contributed by atoms with Crippen molar-refractivity contribution < 1.29 is 4.74 Å². The van der Waals surface area contributed by atoms with E-state index in [2.05, 4.69) is 20.2 Å². The molecule has 2 bridgehead atoms. The molecule has 5 rings (SSSR count). The van der Waals surface area contributed by atoms with Crippen LogP contribution in [-0.4, -0.2) is 50.1 Å². The molecule has 2 fully saturated rings. The van der Waals surface area contributed by atoms with E-state index in [1.54, 1.807) is 10.7 Å². The van der Waals surface area contributed by atoms with Crippen molar-refractivity contribution in [2.45, 2.75) is 25.0 Å². The average Bonchev–Trinajstić information content (AvgIpc) is 3.26. The molecule has 2 aliphatic rings. The average molecular weight is 296 g/mol. The monoisotopic (exact) mass is 296 g/mol. The Morgan fingerprint density at radius 3 is 2.82 bits per heavy atom. The van der Waals surface area contributed by atoms with Crippen LogP contribution in [0.15, 0.2) is 30.7 Å². The number of H-pyrrole nitrogens is 1. The Balaban J connectivity index is 1.56. The summed E-state index contributed by atoms with van der Waals surface area (Å²) in [5, 5.41) is 11.4. The highest BCUT2D eigenvalue weighted by molar-refractivity contribution is 5.75. The number of aromatic nitrogens is 5. The number of hydrogen-bond donors (Lipinski definition) is 1. The van der Waals surface area contributed by atoms with Gasteiger partial charge in [-0.2, -0.15) is 10.2 Å². The number of hydrogen-bond acceptors (Lipinski definition) is 5. The SMILES string of the molecule is c1cc(-c2cnn3ccc(N4C[C@H]5CC[C@@H](C4)O5)nc23)[nH]n1. The summed E-state index contributed by atoms with van der Waals surface area (Å²) >= 11 is 0. The van der Waals surface area contributed by atoms with Crippen LogP contribution in [0.4, 0.5) is 5.82 Å². The molecule has 2 aliphatic heterocycles. The van der Waals surface area contributed by atoms with Crippen molar-refractivity contribution in [1.82, 2.24) is 24.8 Å². The van der Waals surface area contributed by atoms with Gasteiger partial charge in [-0.25, -0.2) is 9.50 Å². The van der Waals surface area contributed by atoms with E-state index in [9.17, 15) is 0 Å². The third kappa shape index (κ3) is 1.82. The second-order valence-corrected chi connectivity index (χ2v) is 5.94. The molecular weight excluding hydrogens is 280 g/mol. The molecule has 3 aromatic heterocycles. The minimum absolute atomic E-state index is 0.355. The molecule has 2 saturated heterocycles. The smallest absolute Gasteiger partial charge is 0.166 e. The zero-order valence-corrected chi connectivity index (χ0v) is 12.0. The second kappa shape index (κ2) is 4.54. The molecule has 0 radical (unpaired) electrons. The molecule has 7 heteroatoms. The zero-order chi connectivity index (χ0) is 14.5. The van der Waals surface area contributed by atoms with Crippen LogP contribution in [-0.2, 0) is 4.74 Å². The van der Waals surface area contributed by atoms with Crippen LogP contribution in [0, 0.1) is 0 Å². The number of rotatable bonds is 2. The summed E-state index contributed by atoms with van der Waals surface area (Å²) in [5.41, 5.74) is 2.75. The van der Waals surface area contributed by atoms with E-state index < -0.39 is 0 Å². The lowest BCUT2D eigenvalue weighted by atomic mass is 10.2. The molecule has 2 atom stereocenters. The van der Waals surface area contributed by atoms with Crippen molar-refractivity contribution in [2.75, 3.05) is 18.0 Å². The largest absolute Gasteiger partial charge is 0.371 e. The first-order valence-electron chi connectivity index (χ1n) is 7.61. The lowest BCUT2D eigenvalue weighted by Gasteiger charge is -2.32. The number of aromatic amines is 1. The molecule has 7 nitrogen and oxygen atoms in total. The van der Waals surface area contributed by atoms with E-state index >= 15 is 0 Å². The van der Waals surface area contributed by atoms with Gasteiger partial charge >= 0.3 is 0 Å². The van der Waals surface area contributed by atoms with Crippen LogP contribution in [0.2, 0.25) is 0 Å². The predicted octanol–water partition coefficient (Wildman–Crippen LogP) is 1.49. The van der Waals surface area contributed by atoms with Crippen LogP contribution in [0.3, 0.4) is 0 Å². The number of nitrogens with zero attached hydrogens (tertiary/aromatic N) is 5. The summed E-state index contributed by atoms with van der Waals surface area (Å²) in [4.78, 5) is 7.16. The van der Waals surface area contributed by atoms with Gasteiger partial charge in [-0.15, -0.1) is 0 Å². The Kier molecular flexibility index (Phi) is 2.51. The fraction of sp³-hybridized carbons (Fsp3) is 0.400. The lowest BCUT2D eigenvalue weighted by Crippen LogP contribution is -2.43. The summed E-state index contributed by atoms with van der Waals surface area (Å²) < 4.78 is 7.70. The number of nitrogens with one attached hydrogen (secondary N) is 1. The number of ether oxygens (including phenoxy) is 1. The normalized spacial score (nSPS) is 24.3. The fourth-order valence-corrected chi connectivity index (χ4v) is 3.43. The van der Waals surface area contributed by atoms with Gasteiger partial charge in [0.25, 0.3) is 0 Å². The summed E-state index contributed by atoms with van der Waals surface area (Å²) in [6.45, 7) is 1.85. The first-order chi connectivity index (χ1) is 10.9. The van der Waals surface area contributed by atoms with E-state index in [1.165, 1.54) is 0 Å². The molecule has 0 spiro atoms. The maximum absolute atomic E-state index is 5.90. The van der Waals surface area contributed by atoms with E-state index in [0.29, 0.717) is 12.2 Å². The van der Waals surface area contributed by atoms with Crippen LogP contribution in [0.5, 0.6) is 0 Å². The molecule has 112 valence electrons. The Morgan fingerprint density at radius 2 is 2.05 bits per heavy atom. The lowest BCUT2D eigenvalue weighted by molar-refractivity contribution is 0.0302. The molecule has 0 aromatic carbocycles. The van der Waals surface area contributed by atoms with Crippen molar-refractivity contribution in [1.29, 1.82) is 0 Å². The molecule has 5 heterocycles. The van der Waals surface area contributed by atoms with Gasteiger partial charge in [0.2, 0.25) is 0 Å². The highest BCUT2D eigenvalue weighted by Gasteiger charge is 2.34. The van der Waals surface area contributed by atoms with Gasteiger partial charge in [-0.05, 0) is 25.0 Å². The van der Waals surface area contributed by atoms with Gasteiger partial charge in [0, 0.05) is 25.5 Å². The summed E-state index contributed by atoms with van der Waals surface area (Å²) in [5.74, 6) is 0.994. The van der Waals surface area contributed by atoms with Crippen LogP contribution in [0.1, 0.15) is 12.8 Å². The molecule has 1 N–H and O–H groups in total. The maximum atomic E-state index is 5.90. The van der Waals surface area contributed by atoms with Gasteiger partial charge in [0.15, 0.2) is 5.65 Å². The van der Waals surface area contributed by atoms with Crippen LogP contribution in [0.25, 0.3) is 16.9 Å². The van der Waals surface area contributed by atoms with Gasteiger partial charge < -0.3 is 9.64 Å². The molecule has 0 aliphatic carbocycles. The maximum Gasteiger partial charge on any atom is 0.166 e. The number of morpholine rings is 1. The summed E-state index contributed by atoms with van der Waals surface area (Å²) in [7, 11) is 0. The highest BCUT2D eigenvalue weighted by Crippen LogP contribution is 2.30. The molecule has 0 amide bonds. The zero-order valence-electron chi connectivity index (χ0n) is 12.0. The third-order valence-electron chi connectivity index (χ3n) is 4.51. The minimum atomic E-state index is 0.355. The first-order valence-corrected chi connectivity index (χ1v) is 7.61. The van der Waals surface area contributed by atoms with Gasteiger partial charge in [0.1, 0.15) is 5.82 Å². The summed E-state index contributed by atoms with van der Waals surface area (Å²) in [6, 6.07) is 3.96. The van der Waals surface area contributed by atoms with E-state index in [-0.39, 0.29) is 0 Å². The number of fused-ring (bicyclic) bond motifs is 3. The second-order valence-electron chi connectivity index (χ2n) is 5.94. The molecule has 3 aromatic rings. The molecular formula is C15H16N6O. The molecule has 22 heavy (non-hydrogen) atoms. The van der Waals surface area contributed by atoms with Crippen LogP contribution >= 0.6 is 0 Å². The minimum Gasteiger partial charge on any atom is -0.371 e. The van der Waals surface area contributed by atoms with Crippen molar-refractivity contribution in [3.05, 3.63) is 30.7 Å². The van der Waals surface area contributed by atoms with Crippen LogP contribution < -0.4 is 4.90 Å². The van der Waals surface area contributed by atoms with Crippen molar-refractivity contribution in [2.24, 2.45) is 0 Å². The highest BCUT2D eigenvalue weighted by atomic mass is 16.5. The Bertz CT molecular complexity index is 799. The number of anilines is 1. The standard InChI is InChI=1S/C15H16N6O/c1-2-11-9-20(8-10(1)22-11)14-4-6-21-15(18-14)12(7-17-21)13-3-5-16-19-13/h3-7,10-11H,1-2,8-9H2,(H,16,19)/t10-,11+. The summed E-state index contributed by atoms with van der Waals surface area (Å²) in [6.07, 6.45) is 8.56. The van der Waals surface area contributed by atoms with Gasteiger partial charge in [0.05, 0.1) is 29.7 Å². The first kappa shape index (κ1) is 12.2. The van der Waals surface area contributed by atoms with Gasteiger partial charge in [-0.1, -0.05) is 0 Å². The Labute approximate surface area is 126 Å². The van der Waals surface area contributed by atoms with Crippen molar-refractivity contribution in [3.8, 4) is 11.3 Å². The predicted molar refractivity (Wildman–Crippen MR) is 80.7 cm³/mol. The quantitative estimate of drug-likeness (QED) is 0.775. The molecule has 0 unspecified atom stereocenters. The van der Waals surface area contributed by atoms with Gasteiger partial charge in [-0.3, -0.25) is 5.10 Å². The Morgan fingerprint density at radius 1 is 1.18 bits per heavy atom. The van der Waals surface area contributed by atoms with E-state index in [4.69, 9.17) is 9.72 Å². The Hall–Kier alpha value is -2.41.